The Labute approximate surface area is 134 Å². The summed E-state index contributed by atoms with van der Waals surface area (Å²) in [6.45, 7) is 2.39. The van der Waals surface area contributed by atoms with Crippen molar-refractivity contribution in [3.63, 3.8) is 0 Å². The molecule has 0 aliphatic heterocycles. The lowest BCUT2D eigenvalue weighted by molar-refractivity contribution is -0.136. The van der Waals surface area contributed by atoms with Crippen LogP contribution in [0.1, 0.15) is 12.6 Å². The molecule has 0 aliphatic rings. The van der Waals surface area contributed by atoms with Crippen LogP contribution in [0.5, 0.6) is 11.5 Å². The summed E-state index contributed by atoms with van der Waals surface area (Å²) in [6, 6.07) is 3.71. The van der Waals surface area contributed by atoms with Gasteiger partial charge in [0.05, 0.1) is 31.4 Å². The molecular formula is C14H14BrNO4S. The van der Waals surface area contributed by atoms with Crippen molar-refractivity contribution < 1.29 is 19.4 Å². The maximum Gasteiger partial charge on any atom is 0.309 e. The zero-order valence-electron chi connectivity index (χ0n) is 11.6. The molecule has 21 heavy (non-hydrogen) atoms. The highest BCUT2D eigenvalue weighted by atomic mass is 79.9. The fourth-order valence-corrected chi connectivity index (χ4v) is 3.11. The molecule has 0 atom stereocenters. The first kappa shape index (κ1) is 15.8. The standard InChI is InChI=1S/C14H14BrNO4S/c1-3-20-13-10(4-8(15)5-11(13)19-2)14-16-9(7-21-14)6-12(17)18/h4-5,7H,3,6H2,1-2H3,(H,17,18). The predicted octanol–water partition coefficient (Wildman–Crippen LogP) is 3.61. The highest BCUT2D eigenvalue weighted by Gasteiger charge is 2.17. The number of nitrogens with zero attached hydrogens (tertiary/aromatic N) is 1. The van der Waals surface area contributed by atoms with Crippen LogP contribution in [0.4, 0.5) is 0 Å². The Bertz CT molecular complexity index is 656. The van der Waals surface area contributed by atoms with Crippen LogP contribution >= 0.6 is 27.3 Å². The first-order valence-corrected chi connectivity index (χ1v) is 7.89. The summed E-state index contributed by atoms with van der Waals surface area (Å²) >= 11 is 4.81. The van der Waals surface area contributed by atoms with E-state index < -0.39 is 5.97 Å². The van der Waals surface area contributed by atoms with Gasteiger partial charge in [0, 0.05) is 9.85 Å². The predicted molar refractivity (Wildman–Crippen MR) is 84.3 cm³/mol. The van der Waals surface area contributed by atoms with Gasteiger partial charge in [0.2, 0.25) is 0 Å². The summed E-state index contributed by atoms with van der Waals surface area (Å²) in [7, 11) is 1.58. The second kappa shape index (κ2) is 6.91. The first-order valence-electron chi connectivity index (χ1n) is 6.22. The molecule has 0 bridgehead atoms. The number of methoxy groups -OCH3 is 1. The van der Waals surface area contributed by atoms with Gasteiger partial charge in [-0.1, -0.05) is 15.9 Å². The second-order valence-corrected chi connectivity index (χ2v) is 5.91. The van der Waals surface area contributed by atoms with Gasteiger partial charge in [0.15, 0.2) is 11.5 Å². The summed E-state index contributed by atoms with van der Waals surface area (Å²) in [4.78, 5) is 15.1. The monoisotopic (exact) mass is 371 g/mol. The molecule has 0 unspecified atom stereocenters. The molecule has 7 heteroatoms. The number of halogens is 1. The van der Waals surface area contributed by atoms with Gasteiger partial charge in [-0.05, 0) is 19.1 Å². The van der Waals surface area contributed by atoms with E-state index in [1.807, 2.05) is 19.1 Å². The molecule has 112 valence electrons. The van der Waals surface area contributed by atoms with E-state index in [0.29, 0.717) is 28.8 Å². The molecule has 2 aromatic rings. The average molecular weight is 372 g/mol. The Kier molecular flexibility index (Phi) is 5.19. The minimum absolute atomic E-state index is 0.0917. The largest absolute Gasteiger partial charge is 0.493 e. The topological polar surface area (TPSA) is 68.7 Å². The number of aliphatic carboxylic acids is 1. The third-order valence-corrected chi connectivity index (χ3v) is 4.02. The Morgan fingerprint density at radius 1 is 1.48 bits per heavy atom. The van der Waals surface area contributed by atoms with E-state index in [1.54, 1.807) is 12.5 Å². The van der Waals surface area contributed by atoms with Crippen LogP contribution in [0.3, 0.4) is 0 Å². The van der Waals surface area contributed by atoms with Gasteiger partial charge in [0.1, 0.15) is 5.01 Å². The minimum Gasteiger partial charge on any atom is -0.493 e. The quantitative estimate of drug-likeness (QED) is 0.839. The SMILES string of the molecule is CCOc1c(OC)cc(Br)cc1-c1nc(CC(=O)O)cs1. The third kappa shape index (κ3) is 3.74. The lowest BCUT2D eigenvalue weighted by Crippen LogP contribution is -2.00. The van der Waals surface area contributed by atoms with E-state index in [2.05, 4.69) is 20.9 Å². The Balaban J connectivity index is 2.48. The molecule has 0 fully saturated rings. The zero-order chi connectivity index (χ0) is 15.4. The van der Waals surface area contributed by atoms with Crippen LogP contribution < -0.4 is 9.47 Å². The molecule has 1 aromatic carbocycles. The minimum atomic E-state index is -0.899. The van der Waals surface area contributed by atoms with Gasteiger partial charge < -0.3 is 14.6 Å². The molecule has 2 rings (SSSR count). The molecule has 0 spiro atoms. The van der Waals surface area contributed by atoms with Crippen LogP contribution in [0, 0.1) is 0 Å². The maximum absolute atomic E-state index is 10.8. The van der Waals surface area contributed by atoms with E-state index in [1.165, 1.54) is 11.3 Å². The Morgan fingerprint density at radius 3 is 2.86 bits per heavy atom. The van der Waals surface area contributed by atoms with Crippen molar-refractivity contribution in [2.45, 2.75) is 13.3 Å². The van der Waals surface area contributed by atoms with Crippen molar-refractivity contribution in [2.24, 2.45) is 0 Å². The molecule has 1 aromatic heterocycles. The van der Waals surface area contributed by atoms with Crippen LogP contribution in [0.2, 0.25) is 0 Å². The summed E-state index contributed by atoms with van der Waals surface area (Å²) in [5, 5.41) is 11.3. The zero-order valence-corrected chi connectivity index (χ0v) is 14.0. The lowest BCUT2D eigenvalue weighted by Gasteiger charge is -2.13. The highest BCUT2D eigenvalue weighted by Crippen LogP contribution is 2.41. The van der Waals surface area contributed by atoms with Gasteiger partial charge in [-0.15, -0.1) is 11.3 Å². The number of hydrogen-bond acceptors (Lipinski definition) is 5. The Hall–Kier alpha value is -1.60. The van der Waals surface area contributed by atoms with Crippen molar-refractivity contribution in [1.82, 2.24) is 4.98 Å². The summed E-state index contributed by atoms with van der Waals surface area (Å²) < 4.78 is 11.8. The molecule has 0 saturated heterocycles. The maximum atomic E-state index is 10.8. The number of ether oxygens (including phenoxy) is 2. The normalized spacial score (nSPS) is 10.4. The van der Waals surface area contributed by atoms with Gasteiger partial charge in [0.25, 0.3) is 0 Å². The molecule has 0 amide bonds. The molecule has 0 radical (unpaired) electrons. The lowest BCUT2D eigenvalue weighted by atomic mass is 10.2. The number of carboxylic acids is 1. The molecule has 0 saturated carbocycles. The molecule has 5 nitrogen and oxygen atoms in total. The van der Waals surface area contributed by atoms with Crippen molar-refractivity contribution in [1.29, 1.82) is 0 Å². The van der Waals surface area contributed by atoms with Crippen LogP contribution in [0.15, 0.2) is 22.0 Å². The van der Waals surface area contributed by atoms with Crippen LogP contribution in [0.25, 0.3) is 10.6 Å². The molecule has 1 heterocycles. The molecule has 0 aliphatic carbocycles. The average Bonchev–Trinajstić information content (AvgIpc) is 2.87. The fraction of sp³-hybridized carbons (Fsp3) is 0.286. The van der Waals surface area contributed by atoms with E-state index in [9.17, 15) is 4.79 Å². The number of benzene rings is 1. The van der Waals surface area contributed by atoms with Crippen LogP contribution in [-0.4, -0.2) is 29.8 Å². The summed E-state index contributed by atoms with van der Waals surface area (Å²) in [5.41, 5.74) is 1.31. The smallest absolute Gasteiger partial charge is 0.309 e. The molecule has 1 N–H and O–H groups in total. The van der Waals surface area contributed by atoms with E-state index in [-0.39, 0.29) is 6.42 Å². The van der Waals surface area contributed by atoms with E-state index in [0.717, 1.165) is 10.0 Å². The summed E-state index contributed by atoms with van der Waals surface area (Å²) in [6.07, 6.45) is -0.0917. The van der Waals surface area contributed by atoms with Crippen molar-refractivity contribution in [2.75, 3.05) is 13.7 Å². The van der Waals surface area contributed by atoms with Gasteiger partial charge >= 0.3 is 5.97 Å². The molecular weight excluding hydrogens is 358 g/mol. The van der Waals surface area contributed by atoms with Crippen molar-refractivity contribution in [3.8, 4) is 22.1 Å². The second-order valence-electron chi connectivity index (χ2n) is 4.13. The number of carbonyl (C=O) groups is 1. The van der Waals surface area contributed by atoms with Crippen LogP contribution in [-0.2, 0) is 11.2 Å². The Morgan fingerprint density at radius 2 is 2.24 bits per heavy atom. The van der Waals surface area contributed by atoms with E-state index >= 15 is 0 Å². The van der Waals surface area contributed by atoms with Gasteiger partial charge in [-0.3, -0.25) is 4.79 Å². The summed E-state index contributed by atoms with van der Waals surface area (Å²) in [5.74, 6) is 0.319. The first-order chi connectivity index (χ1) is 10.0. The number of rotatable bonds is 6. The number of aromatic nitrogens is 1. The van der Waals surface area contributed by atoms with Gasteiger partial charge in [-0.25, -0.2) is 4.98 Å². The third-order valence-electron chi connectivity index (χ3n) is 2.64. The fourth-order valence-electron chi connectivity index (χ4n) is 1.84. The highest BCUT2D eigenvalue weighted by molar-refractivity contribution is 9.10. The van der Waals surface area contributed by atoms with E-state index in [4.69, 9.17) is 14.6 Å². The van der Waals surface area contributed by atoms with Gasteiger partial charge in [-0.2, -0.15) is 0 Å². The number of thiazole rings is 1. The number of hydrogen-bond donors (Lipinski definition) is 1. The van der Waals surface area contributed by atoms with Crippen molar-refractivity contribution in [3.05, 3.63) is 27.7 Å². The van der Waals surface area contributed by atoms with Crippen molar-refractivity contribution >= 4 is 33.2 Å². The number of carboxylic acid groups (broad SMARTS) is 1.